The van der Waals surface area contributed by atoms with Crippen molar-refractivity contribution in [2.45, 2.75) is 31.8 Å². The Morgan fingerprint density at radius 3 is 2.80 bits per heavy atom. The number of carbonyl (C=O) groups is 1. The summed E-state index contributed by atoms with van der Waals surface area (Å²) >= 11 is 0. The fourth-order valence-electron chi connectivity index (χ4n) is 3.05. The normalized spacial score (nSPS) is 21.4. The summed E-state index contributed by atoms with van der Waals surface area (Å²) in [5.74, 6) is -0.401. The molecule has 1 aromatic carbocycles. The summed E-state index contributed by atoms with van der Waals surface area (Å²) in [6.07, 6.45) is 3.36. The molecule has 110 valence electrons. The van der Waals surface area contributed by atoms with Gasteiger partial charge >= 0.3 is 5.97 Å². The molecule has 1 saturated heterocycles. The van der Waals surface area contributed by atoms with Crippen LogP contribution in [0.15, 0.2) is 30.3 Å². The van der Waals surface area contributed by atoms with E-state index in [0.717, 1.165) is 25.9 Å². The molecule has 1 aromatic rings. The van der Waals surface area contributed by atoms with Crippen molar-refractivity contribution in [3.8, 4) is 0 Å². The quantitative estimate of drug-likeness (QED) is 0.833. The molecule has 0 saturated carbocycles. The number of hydrogen-bond acceptors (Lipinski definition) is 4. The van der Waals surface area contributed by atoms with Crippen LogP contribution in [-0.4, -0.2) is 37.1 Å². The Morgan fingerprint density at radius 2 is 2.15 bits per heavy atom. The van der Waals surface area contributed by atoms with E-state index < -0.39 is 0 Å². The predicted molar refractivity (Wildman–Crippen MR) is 79.1 cm³/mol. The molecular formula is C16H24N2O2. The molecule has 2 atom stereocenters. The highest BCUT2D eigenvalue weighted by molar-refractivity contribution is 5.73. The van der Waals surface area contributed by atoms with Crippen LogP contribution in [0.3, 0.4) is 0 Å². The third kappa shape index (κ3) is 3.58. The molecule has 1 heterocycles. The number of nitrogens with zero attached hydrogens (tertiary/aromatic N) is 1. The van der Waals surface area contributed by atoms with Gasteiger partial charge in [-0.2, -0.15) is 0 Å². The van der Waals surface area contributed by atoms with Gasteiger partial charge < -0.3 is 10.5 Å². The lowest BCUT2D eigenvalue weighted by atomic mass is 9.89. The highest BCUT2D eigenvalue weighted by Crippen LogP contribution is 2.25. The summed E-state index contributed by atoms with van der Waals surface area (Å²) in [5, 5.41) is 0. The summed E-state index contributed by atoms with van der Waals surface area (Å²) in [6.45, 7) is 2.24. The van der Waals surface area contributed by atoms with Crippen molar-refractivity contribution in [1.82, 2.24) is 4.90 Å². The average molecular weight is 276 g/mol. The van der Waals surface area contributed by atoms with Crippen LogP contribution < -0.4 is 5.73 Å². The van der Waals surface area contributed by atoms with Crippen LogP contribution in [0, 0.1) is 5.92 Å². The second-order valence-electron chi connectivity index (χ2n) is 5.38. The molecule has 1 aliphatic heterocycles. The van der Waals surface area contributed by atoms with Gasteiger partial charge in [-0.05, 0) is 24.9 Å². The second kappa shape index (κ2) is 7.41. The third-order valence-corrected chi connectivity index (χ3v) is 4.12. The van der Waals surface area contributed by atoms with Gasteiger partial charge in [0.15, 0.2) is 0 Å². The first-order valence-electron chi connectivity index (χ1n) is 7.32. The molecule has 2 rings (SSSR count). The number of esters is 1. The molecule has 0 spiro atoms. The highest BCUT2D eigenvalue weighted by atomic mass is 16.5. The Morgan fingerprint density at radius 1 is 1.40 bits per heavy atom. The number of hydrogen-bond donors (Lipinski definition) is 1. The number of carbonyl (C=O) groups excluding carboxylic acids is 1. The van der Waals surface area contributed by atoms with E-state index in [4.69, 9.17) is 10.5 Å². The van der Waals surface area contributed by atoms with Gasteiger partial charge in [-0.15, -0.1) is 0 Å². The predicted octanol–water partition coefficient (Wildman–Crippen LogP) is 1.79. The van der Waals surface area contributed by atoms with Gasteiger partial charge in [0.05, 0.1) is 13.0 Å². The van der Waals surface area contributed by atoms with E-state index in [2.05, 4.69) is 29.2 Å². The first kappa shape index (κ1) is 15.0. The average Bonchev–Trinajstić information content (AvgIpc) is 2.50. The molecule has 0 aromatic heterocycles. The molecule has 0 amide bonds. The number of methoxy groups -OCH3 is 1. The van der Waals surface area contributed by atoms with Crippen LogP contribution in [-0.2, 0) is 16.1 Å². The van der Waals surface area contributed by atoms with Crippen LogP contribution in [0.4, 0.5) is 0 Å². The van der Waals surface area contributed by atoms with Gasteiger partial charge in [0, 0.05) is 19.1 Å². The zero-order valence-corrected chi connectivity index (χ0v) is 12.1. The first-order chi connectivity index (χ1) is 9.76. The zero-order valence-electron chi connectivity index (χ0n) is 12.1. The number of piperidine rings is 1. The molecule has 1 fully saturated rings. The number of likely N-dealkylation sites (tertiary alicyclic amines) is 1. The molecule has 4 heteroatoms. The van der Waals surface area contributed by atoms with E-state index in [1.165, 1.54) is 19.1 Å². The van der Waals surface area contributed by atoms with E-state index in [1.54, 1.807) is 0 Å². The SMILES string of the molecule is COC(=O)C(CN)C1CCCCN1Cc1ccccc1. The van der Waals surface area contributed by atoms with Gasteiger partial charge in [-0.25, -0.2) is 0 Å². The summed E-state index contributed by atoms with van der Waals surface area (Å²) < 4.78 is 4.91. The van der Waals surface area contributed by atoms with E-state index in [0.29, 0.717) is 6.54 Å². The summed E-state index contributed by atoms with van der Waals surface area (Å²) in [7, 11) is 1.44. The topological polar surface area (TPSA) is 55.6 Å². The highest BCUT2D eigenvalue weighted by Gasteiger charge is 2.34. The van der Waals surface area contributed by atoms with Crippen LogP contribution in [0.25, 0.3) is 0 Å². The van der Waals surface area contributed by atoms with Gasteiger partial charge in [-0.3, -0.25) is 9.69 Å². The van der Waals surface area contributed by atoms with Crippen molar-refractivity contribution in [3.05, 3.63) is 35.9 Å². The van der Waals surface area contributed by atoms with Crippen LogP contribution in [0.2, 0.25) is 0 Å². The van der Waals surface area contributed by atoms with E-state index in [9.17, 15) is 4.79 Å². The second-order valence-corrected chi connectivity index (χ2v) is 5.38. The standard InChI is InChI=1S/C16H24N2O2/c1-20-16(19)14(11-17)15-9-5-6-10-18(15)12-13-7-3-2-4-8-13/h2-4,7-8,14-15H,5-6,9-12,17H2,1H3. The summed E-state index contributed by atoms with van der Waals surface area (Å²) in [5.41, 5.74) is 7.09. The minimum Gasteiger partial charge on any atom is -0.469 e. The number of ether oxygens (including phenoxy) is 1. The van der Waals surface area contributed by atoms with Crippen LogP contribution in [0.1, 0.15) is 24.8 Å². The first-order valence-corrected chi connectivity index (χ1v) is 7.32. The van der Waals surface area contributed by atoms with Crippen molar-refractivity contribution < 1.29 is 9.53 Å². The lowest BCUT2D eigenvalue weighted by molar-refractivity contribution is -0.148. The fourth-order valence-corrected chi connectivity index (χ4v) is 3.05. The maximum Gasteiger partial charge on any atom is 0.311 e. The number of nitrogens with two attached hydrogens (primary N) is 1. The number of rotatable bonds is 5. The Hall–Kier alpha value is -1.39. The maximum atomic E-state index is 11.9. The van der Waals surface area contributed by atoms with E-state index in [1.807, 2.05) is 6.07 Å². The monoisotopic (exact) mass is 276 g/mol. The number of benzene rings is 1. The largest absolute Gasteiger partial charge is 0.469 e. The minimum atomic E-state index is -0.219. The molecular weight excluding hydrogens is 252 g/mol. The smallest absolute Gasteiger partial charge is 0.311 e. The van der Waals surface area contributed by atoms with Crippen molar-refractivity contribution in [2.75, 3.05) is 20.2 Å². The Balaban J connectivity index is 2.10. The molecule has 2 unspecified atom stereocenters. The van der Waals surface area contributed by atoms with Crippen molar-refractivity contribution in [2.24, 2.45) is 11.7 Å². The van der Waals surface area contributed by atoms with Crippen LogP contribution in [0.5, 0.6) is 0 Å². The zero-order chi connectivity index (χ0) is 14.4. The third-order valence-electron chi connectivity index (χ3n) is 4.12. The van der Waals surface area contributed by atoms with E-state index in [-0.39, 0.29) is 17.9 Å². The Kier molecular flexibility index (Phi) is 5.56. The van der Waals surface area contributed by atoms with Gasteiger partial charge in [0.1, 0.15) is 0 Å². The summed E-state index contributed by atoms with van der Waals surface area (Å²) in [6, 6.07) is 10.6. The van der Waals surface area contributed by atoms with Crippen molar-refractivity contribution in [3.63, 3.8) is 0 Å². The molecule has 1 aliphatic rings. The Labute approximate surface area is 120 Å². The molecule has 0 bridgehead atoms. The summed E-state index contributed by atoms with van der Waals surface area (Å²) in [4.78, 5) is 14.3. The lowest BCUT2D eigenvalue weighted by Crippen LogP contribution is -2.49. The van der Waals surface area contributed by atoms with Crippen LogP contribution >= 0.6 is 0 Å². The van der Waals surface area contributed by atoms with Crippen molar-refractivity contribution in [1.29, 1.82) is 0 Å². The lowest BCUT2D eigenvalue weighted by Gasteiger charge is -2.39. The molecule has 4 nitrogen and oxygen atoms in total. The maximum absolute atomic E-state index is 11.9. The molecule has 0 radical (unpaired) electrons. The Bertz CT molecular complexity index is 422. The van der Waals surface area contributed by atoms with Crippen molar-refractivity contribution >= 4 is 5.97 Å². The van der Waals surface area contributed by atoms with Gasteiger partial charge in [0.2, 0.25) is 0 Å². The van der Waals surface area contributed by atoms with Gasteiger partial charge in [0.25, 0.3) is 0 Å². The minimum absolute atomic E-state index is 0.183. The van der Waals surface area contributed by atoms with E-state index >= 15 is 0 Å². The molecule has 20 heavy (non-hydrogen) atoms. The molecule has 2 N–H and O–H groups in total. The molecule has 0 aliphatic carbocycles. The fraction of sp³-hybridized carbons (Fsp3) is 0.562. The van der Waals surface area contributed by atoms with Gasteiger partial charge in [-0.1, -0.05) is 36.8 Å².